The topological polar surface area (TPSA) is 76.7 Å². The van der Waals surface area contributed by atoms with E-state index in [9.17, 15) is 18.0 Å². The van der Waals surface area contributed by atoms with Gasteiger partial charge >= 0.3 is 6.18 Å². The number of anilines is 1. The number of benzene rings is 2. The molecule has 2 rings (SSSR count). The molecule has 2 aromatic carbocycles. The number of oxime groups is 1. The molecule has 0 bridgehead atoms. The number of hydrogen-bond acceptors (Lipinski definition) is 3. The molecule has 0 aliphatic heterocycles. The number of amides is 1. The van der Waals surface area contributed by atoms with Crippen molar-refractivity contribution in [2.24, 2.45) is 10.9 Å². The fourth-order valence-corrected chi connectivity index (χ4v) is 2.06. The van der Waals surface area contributed by atoms with Crippen molar-refractivity contribution in [1.29, 1.82) is 0 Å². The third-order valence-electron chi connectivity index (χ3n) is 2.98. The molecule has 9 heteroatoms. The highest BCUT2D eigenvalue weighted by molar-refractivity contribution is 6.31. The lowest BCUT2D eigenvalue weighted by atomic mass is 10.2. The van der Waals surface area contributed by atoms with Gasteiger partial charge in [-0.1, -0.05) is 47.1 Å². The minimum Gasteiger partial charge on any atom is -0.384 e. The number of halogens is 4. The van der Waals surface area contributed by atoms with Gasteiger partial charge in [-0.15, -0.1) is 0 Å². The molecular weight excluding hydrogens is 359 g/mol. The van der Waals surface area contributed by atoms with E-state index >= 15 is 0 Å². The molecule has 132 valence electrons. The Hall–Kier alpha value is -2.74. The SMILES string of the molecule is N/C(=N\OCC(=O)Nc1ccc(Cl)c(C(F)(F)F)c1)c1ccccc1. The molecule has 5 nitrogen and oxygen atoms in total. The van der Waals surface area contributed by atoms with Crippen molar-refractivity contribution in [3.63, 3.8) is 0 Å². The van der Waals surface area contributed by atoms with Crippen molar-refractivity contribution in [3.05, 3.63) is 64.7 Å². The Balaban J connectivity index is 1.95. The van der Waals surface area contributed by atoms with Gasteiger partial charge in [0, 0.05) is 11.3 Å². The Labute approximate surface area is 146 Å². The van der Waals surface area contributed by atoms with E-state index in [2.05, 4.69) is 10.5 Å². The van der Waals surface area contributed by atoms with Crippen molar-refractivity contribution in [2.75, 3.05) is 11.9 Å². The van der Waals surface area contributed by atoms with Crippen LogP contribution in [-0.2, 0) is 15.8 Å². The molecule has 2 aromatic rings. The lowest BCUT2D eigenvalue weighted by Crippen LogP contribution is -2.19. The van der Waals surface area contributed by atoms with E-state index in [1.54, 1.807) is 30.3 Å². The van der Waals surface area contributed by atoms with Crippen LogP contribution in [0.25, 0.3) is 0 Å². The number of nitrogens with zero attached hydrogens (tertiary/aromatic N) is 1. The van der Waals surface area contributed by atoms with Crippen LogP contribution in [0.4, 0.5) is 18.9 Å². The fourth-order valence-electron chi connectivity index (χ4n) is 1.84. The maximum Gasteiger partial charge on any atom is 0.417 e. The molecule has 0 saturated heterocycles. The quantitative estimate of drug-likeness (QED) is 0.478. The molecule has 0 heterocycles. The highest BCUT2D eigenvalue weighted by Gasteiger charge is 2.33. The van der Waals surface area contributed by atoms with Gasteiger partial charge in [0.05, 0.1) is 10.6 Å². The Morgan fingerprint density at radius 3 is 2.52 bits per heavy atom. The lowest BCUT2D eigenvalue weighted by molar-refractivity contribution is -0.137. The highest BCUT2D eigenvalue weighted by atomic mass is 35.5. The number of hydrogen-bond donors (Lipinski definition) is 2. The van der Waals surface area contributed by atoms with E-state index in [1.165, 1.54) is 6.07 Å². The van der Waals surface area contributed by atoms with Crippen LogP contribution in [0.1, 0.15) is 11.1 Å². The van der Waals surface area contributed by atoms with Crippen LogP contribution in [0.5, 0.6) is 0 Å². The molecule has 0 saturated carbocycles. The zero-order valence-corrected chi connectivity index (χ0v) is 13.4. The summed E-state index contributed by atoms with van der Waals surface area (Å²) >= 11 is 5.51. The van der Waals surface area contributed by atoms with Crippen LogP contribution in [0.2, 0.25) is 5.02 Å². The summed E-state index contributed by atoms with van der Waals surface area (Å²) < 4.78 is 38.3. The third kappa shape index (κ3) is 5.39. The van der Waals surface area contributed by atoms with Crippen molar-refractivity contribution < 1.29 is 22.8 Å². The second-order valence-electron chi connectivity index (χ2n) is 4.86. The molecule has 3 N–H and O–H groups in total. The summed E-state index contributed by atoms with van der Waals surface area (Å²) in [6, 6.07) is 11.7. The van der Waals surface area contributed by atoms with E-state index in [-0.39, 0.29) is 11.5 Å². The molecule has 0 atom stereocenters. The predicted molar refractivity (Wildman–Crippen MR) is 88.2 cm³/mol. The van der Waals surface area contributed by atoms with Gasteiger partial charge in [0.1, 0.15) is 0 Å². The minimum atomic E-state index is -4.62. The van der Waals surface area contributed by atoms with Crippen LogP contribution in [0.3, 0.4) is 0 Å². The standard InChI is InChI=1S/C16H13ClF3N3O2/c17-13-7-6-11(8-12(13)16(18,19)20)22-14(24)9-25-23-15(21)10-4-2-1-3-5-10/h1-8H,9H2,(H2,21,23)(H,22,24). The van der Waals surface area contributed by atoms with Gasteiger partial charge in [0.25, 0.3) is 5.91 Å². The summed E-state index contributed by atoms with van der Waals surface area (Å²) in [6.07, 6.45) is -4.62. The first-order valence-corrected chi connectivity index (χ1v) is 7.32. The minimum absolute atomic E-state index is 0.0645. The zero-order valence-electron chi connectivity index (χ0n) is 12.7. The summed E-state index contributed by atoms with van der Waals surface area (Å²) in [5.74, 6) is -0.626. The summed E-state index contributed by atoms with van der Waals surface area (Å²) in [4.78, 5) is 16.5. The second kappa shape index (κ2) is 7.89. The van der Waals surface area contributed by atoms with Crippen LogP contribution < -0.4 is 11.1 Å². The van der Waals surface area contributed by atoms with E-state index in [4.69, 9.17) is 22.2 Å². The first-order chi connectivity index (χ1) is 11.8. The summed E-state index contributed by atoms with van der Waals surface area (Å²) in [6.45, 7) is -0.516. The van der Waals surface area contributed by atoms with Gasteiger partial charge in [-0.3, -0.25) is 4.79 Å². The molecule has 0 fully saturated rings. The molecule has 0 unspecified atom stereocenters. The number of amidine groups is 1. The van der Waals surface area contributed by atoms with Gasteiger partial charge in [0.2, 0.25) is 0 Å². The average Bonchev–Trinajstić information content (AvgIpc) is 2.56. The van der Waals surface area contributed by atoms with Crippen molar-refractivity contribution in [2.45, 2.75) is 6.18 Å². The largest absolute Gasteiger partial charge is 0.417 e. The molecule has 25 heavy (non-hydrogen) atoms. The molecule has 0 aromatic heterocycles. The predicted octanol–water partition coefficient (Wildman–Crippen LogP) is 3.63. The third-order valence-corrected chi connectivity index (χ3v) is 3.31. The lowest BCUT2D eigenvalue weighted by Gasteiger charge is -2.11. The molecule has 0 aliphatic rings. The molecule has 1 amide bonds. The van der Waals surface area contributed by atoms with Gasteiger partial charge in [-0.05, 0) is 18.2 Å². The molecule has 0 spiro atoms. The number of nitrogens with two attached hydrogens (primary N) is 1. The number of carbonyl (C=O) groups excluding carboxylic acids is 1. The van der Waals surface area contributed by atoms with Gasteiger partial charge in [-0.25, -0.2) is 0 Å². The van der Waals surface area contributed by atoms with E-state index in [0.29, 0.717) is 5.56 Å². The molecular formula is C16H13ClF3N3O2. The monoisotopic (exact) mass is 371 g/mol. The zero-order chi connectivity index (χ0) is 18.4. The van der Waals surface area contributed by atoms with Crippen molar-refractivity contribution >= 4 is 29.0 Å². The number of carbonyl (C=O) groups is 1. The second-order valence-corrected chi connectivity index (χ2v) is 5.26. The maximum absolute atomic E-state index is 12.8. The Kier molecular flexibility index (Phi) is 5.87. The van der Waals surface area contributed by atoms with Crippen molar-refractivity contribution in [3.8, 4) is 0 Å². The summed E-state index contributed by atoms with van der Waals surface area (Å²) in [7, 11) is 0. The number of nitrogens with one attached hydrogen (secondary N) is 1. The Bertz CT molecular complexity index is 780. The summed E-state index contributed by atoms with van der Waals surface area (Å²) in [5, 5.41) is 5.39. The average molecular weight is 372 g/mol. The van der Waals surface area contributed by atoms with Crippen LogP contribution >= 0.6 is 11.6 Å². The van der Waals surface area contributed by atoms with E-state index < -0.39 is 29.3 Å². The van der Waals surface area contributed by atoms with Gasteiger partial charge in [0.15, 0.2) is 12.4 Å². The van der Waals surface area contributed by atoms with E-state index in [0.717, 1.165) is 12.1 Å². The summed E-state index contributed by atoms with van der Waals surface area (Å²) in [5.41, 5.74) is 5.17. The number of alkyl halides is 3. The first-order valence-electron chi connectivity index (χ1n) is 6.95. The molecule has 0 radical (unpaired) electrons. The normalized spacial score (nSPS) is 11.9. The van der Waals surface area contributed by atoms with Crippen LogP contribution in [-0.4, -0.2) is 18.3 Å². The van der Waals surface area contributed by atoms with E-state index in [1.807, 2.05) is 0 Å². The van der Waals surface area contributed by atoms with Crippen molar-refractivity contribution in [1.82, 2.24) is 0 Å². The van der Waals surface area contributed by atoms with Gasteiger partial charge < -0.3 is 15.9 Å². The molecule has 0 aliphatic carbocycles. The Morgan fingerprint density at radius 2 is 1.88 bits per heavy atom. The van der Waals surface area contributed by atoms with Crippen LogP contribution in [0, 0.1) is 0 Å². The first kappa shape index (κ1) is 18.6. The van der Waals surface area contributed by atoms with Crippen LogP contribution in [0.15, 0.2) is 53.7 Å². The smallest absolute Gasteiger partial charge is 0.384 e. The fraction of sp³-hybridized carbons (Fsp3) is 0.125. The highest BCUT2D eigenvalue weighted by Crippen LogP contribution is 2.36. The maximum atomic E-state index is 12.8. The number of rotatable bonds is 5. The van der Waals surface area contributed by atoms with Gasteiger partial charge in [-0.2, -0.15) is 13.2 Å². The Morgan fingerprint density at radius 1 is 1.20 bits per heavy atom.